The van der Waals surface area contributed by atoms with Gasteiger partial charge in [0.1, 0.15) is 17.5 Å². The molecule has 3 N–H and O–H groups in total. The Bertz CT molecular complexity index is 483. The van der Waals surface area contributed by atoms with E-state index in [1.54, 1.807) is 0 Å². The first-order valence-electron chi connectivity index (χ1n) is 7.56. The van der Waals surface area contributed by atoms with Crippen LogP contribution in [0.1, 0.15) is 51.4 Å². The summed E-state index contributed by atoms with van der Waals surface area (Å²) in [5, 5.41) is 3.20. The first kappa shape index (κ1) is 17.2. The maximum Gasteiger partial charge on any atom is 0.224 e. The maximum atomic E-state index is 12.0. The van der Waals surface area contributed by atoms with Crippen molar-refractivity contribution in [2.45, 2.75) is 47.0 Å². The molecule has 6 nitrogen and oxygen atoms in total. The number of anilines is 2. The zero-order valence-corrected chi connectivity index (χ0v) is 13.7. The van der Waals surface area contributed by atoms with Crippen LogP contribution in [0.5, 0.6) is 0 Å². The molecule has 0 saturated carbocycles. The Balaban J connectivity index is 2.69. The molecule has 0 aliphatic rings. The second kappa shape index (κ2) is 7.81. The van der Waals surface area contributed by atoms with Gasteiger partial charge in [-0.3, -0.25) is 4.79 Å². The fraction of sp³-hybridized carbons (Fsp3) is 0.667. The first-order valence-corrected chi connectivity index (χ1v) is 7.56. The zero-order valence-electron chi connectivity index (χ0n) is 13.7. The van der Waals surface area contributed by atoms with Crippen molar-refractivity contribution < 1.29 is 4.79 Å². The van der Waals surface area contributed by atoms with E-state index in [4.69, 9.17) is 5.73 Å². The van der Waals surface area contributed by atoms with Gasteiger partial charge in [0.25, 0.3) is 0 Å². The molecule has 118 valence electrons. The SMILES string of the molecule is CCN(CC)C(=O)CCNc1nc(C(C)C)nc(N)c1C. The molecule has 1 heterocycles. The predicted molar refractivity (Wildman–Crippen MR) is 86.3 cm³/mol. The molecular weight excluding hydrogens is 266 g/mol. The van der Waals surface area contributed by atoms with Gasteiger partial charge in [-0.05, 0) is 20.8 Å². The Morgan fingerprint density at radius 2 is 1.90 bits per heavy atom. The molecule has 0 spiro atoms. The summed E-state index contributed by atoms with van der Waals surface area (Å²) in [6.45, 7) is 11.9. The predicted octanol–water partition coefficient (Wildman–Crippen LogP) is 2.16. The second-order valence-electron chi connectivity index (χ2n) is 5.34. The molecule has 0 bridgehead atoms. The minimum atomic E-state index is 0.149. The van der Waals surface area contributed by atoms with E-state index in [0.717, 1.165) is 30.3 Å². The molecule has 0 saturated heterocycles. The average molecular weight is 293 g/mol. The molecule has 1 rings (SSSR count). The molecule has 1 aromatic rings. The molecule has 0 fully saturated rings. The van der Waals surface area contributed by atoms with Gasteiger partial charge in [0.05, 0.1) is 0 Å². The second-order valence-corrected chi connectivity index (χ2v) is 5.34. The normalized spacial score (nSPS) is 10.8. The standard InChI is InChI=1S/C15H27N5O/c1-6-20(7-2)12(21)8-9-17-15-11(5)13(16)18-14(19-15)10(3)4/h10H,6-9H2,1-5H3,(H3,16,17,18,19). The summed E-state index contributed by atoms with van der Waals surface area (Å²) in [5.74, 6) is 2.29. The zero-order chi connectivity index (χ0) is 16.0. The van der Waals surface area contributed by atoms with E-state index in [2.05, 4.69) is 15.3 Å². The van der Waals surface area contributed by atoms with Gasteiger partial charge in [-0.25, -0.2) is 9.97 Å². The number of carbonyl (C=O) groups excluding carboxylic acids is 1. The van der Waals surface area contributed by atoms with Crippen LogP contribution in [0.15, 0.2) is 0 Å². The number of hydrogen-bond donors (Lipinski definition) is 2. The molecule has 1 aromatic heterocycles. The summed E-state index contributed by atoms with van der Waals surface area (Å²) in [5.41, 5.74) is 6.74. The van der Waals surface area contributed by atoms with E-state index >= 15 is 0 Å². The Morgan fingerprint density at radius 1 is 1.29 bits per heavy atom. The van der Waals surface area contributed by atoms with Crippen molar-refractivity contribution in [1.29, 1.82) is 0 Å². The Morgan fingerprint density at radius 3 is 2.43 bits per heavy atom. The smallest absolute Gasteiger partial charge is 0.224 e. The molecule has 6 heteroatoms. The highest BCUT2D eigenvalue weighted by molar-refractivity contribution is 5.76. The molecule has 0 unspecified atom stereocenters. The van der Waals surface area contributed by atoms with Crippen LogP contribution in [0.2, 0.25) is 0 Å². The summed E-state index contributed by atoms with van der Waals surface area (Å²) in [4.78, 5) is 22.5. The summed E-state index contributed by atoms with van der Waals surface area (Å²) < 4.78 is 0. The molecule has 0 atom stereocenters. The van der Waals surface area contributed by atoms with Crippen LogP contribution in [-0.4, -0.2) is 40.4 Å². The fourth-order valence-corrected chi connectivity index (χ4v) is 2.00. The lowest BCUT2D eigenvalue weighted by Gasteiger charge is -2.19. The van der Waals surface area contributed by atoms with E-state index in [1.807, 2.05) is 39.5 Å². The highest BCUT2D eigenvalue weighted by Crippen LogP contribution is 2.20. The van der Waals surface area contributed by atoms with Crippen molar-refractivity contribution in [3.8, 4) is 0 Å². The van der Waals surface area contributed by atoms with Crippen LogP contribution in [-0.2, 0) is 4.79 Å². The number of hydrogen-bond acceptors (Lipinski definition) is 5. The molecule has 0 aromatic carbocycles. The van der Waals surface area contributed by atoms with E-state index in [0.29, 0.717) is 18.8 Å². The molecule has 1 amide bonds. The van der Waals surface area contributed by atoms with Gasteiger partial charge in [-0.2, -0.15) is 0 Å². The van der Waals surface area contributed by atoms with E-state index < -0.39 is 0 Å². The Hall–Kier alpha value is -1.85. The number of nitrogens with one attached hydrogen (secondary N) is 1. The van der Waals surface area contributed by atoms with Crippen molar-refractivity contribution >= 4 is 17.5 Å². The van der Waals surface area contributed by atoms with Crippen LogP contribution in [0, 0.1) is 6.92 Å². The van der Waals surface area contributed by atoms with Gasteiger partial charge < -0.3 is 16.0 Å². The lowest BCUT2D eigenvalue weighted by Crippen LogP contribution is -2.31. The molecule has 0 aliphatic carbocycles. The van der Waals surface area contributed by atoms with E-state index in [-0.39, 0.29) is 11.8 Å². The highest BCUT2D eigenvalue weighted by atomic mass is 16.2. The van der Waals surface area contributed by atoms with Crippen LogP contribution in [0.25, 0.3) is 0 Å². The number of nitrogens with zero attached hydrogens (tertiary/aromatic N) is 3. The minimum Gasteiger partial charge on any atom is -0.383 e. The molecule has 21 heavy (non-hydrogen) atoms. The van der Waals surface area contributed by atoms with Gasteiger partial charge in [-0.1, -0.05) is 13.8 Å². The third kappa shape index (κ3) is 4.58. The van der Waals surface area contributed by atoms with Crippen LogP contribution < -0.4 is 11.1 Å². The van der Waals surface area contributed by atoms with Gasteiger partial charge >= 0.3 is 0 Å². The van der Waals surface area contributed by atoms with Crippen molar-refractivity contribution in [2.75, 3.05) is 30.7 Å². The number of aromatic nitrogens is 2. The van der Waals surface area contributed by atoms with Crippen LogP contribution in [0.4, 0.5) is 11.6 Å². The van der Waals surface area contributed by atoms with Crippen LogP contribution >= 0.6 is 0 Å². The third-order valence-electron chi connectivity index (χ3n) is 3.46. The van der Waals surface area contributed by atoms with Gasteiger partial charge in [0.2, 0.25) is 5.91 Å². The summed E-state index contributed by atoms with van der Waals surface area (Å²) in [6, 6.07) is 0. The fourth-order valence-electron chi connectivity index (χ4n) is 2.00. The quantitative estimate of drug-likeness (QED) is 0.805. The number of carbonyl (C=O) groups is 1. The van der Waals surface area contributed by atoms with Crippen LogP contribution in [0.3, 0.4) is 0 Å². The highest BCUT2D eigenvalue weighted by Gasteiger charge is 2.12. The van der Waals surface area contributed by atoms with Gasteiger partial charge in [0.15, 0.2) is 0 Å². The number of amides is 1. The van der Waals surface area contributed by atoms with Gasteiger partial charge in [0, 0.05) is 37.5 Å². The van der Waals surface area contributed by atoms with Crippen molar-refractivity contribution in [2.24, 2.45) is 0 Å². The number of nitrogens with two attached hydrogens (primary N) is 1. The summed E-state index contributed by atoms with van der Waals surface area (Å²) in [6.07, 6.45) is 0.446. The lowest BCUT2D eigenvalue weighted by molar-refractivity contribution is -0.130. The minimum absolute atomic E-state index is 0.149. The van der Waals surface area contributed by atoms with E-state index in [9.17, 15) is 4.79 Å². The largest absolute Gasteiger partial charge is 0.383 e. The van der Waals surface area contributed by atoms with Gasteiger partial charge in [-0.15, -0.1) is 0 Å². The van der Waals surface area contributed by atoms with Crippen molar-refractivity contribution in [1.82, 2.24) is 14.9 Å². The summed E-state index contributed by atoms with van der Waals surface area (Å²) >= 11 is 0. The third-order valence-corrected chi connectivity index (χ3v) is 3.46. The molecule has 0 radical (unpaired) electrons. The number of rotatable bonds is 7. The van der Waals surface area contributed by atoms with Crippen molar-refractivity contribution in [3.05, 3.63) is 11.4 Å². The number of nitrogen functional groups attached to an aromatic ring is 1. The van der Waals surface area contributed by atoms with E-state index in [1.165, 1.54) is 0 Å². The average Bonchev–Trinajstić information content (AvgIpc) is 2.44. The summed E-state index contributed by atoms with van der Waals surface area (Å²) in [7, 11) is 0. The molecular formula is C15H27N5O. The lowest BCUT2D eigenvalue weighted by atomic mass is 10.2. The first-order chi connectivity index (χ1) is 9.90. The maximum absolute atomic E-state index is 12.0. The Kier molecular flexibility index (Phi) is 6.39. The monoisotopic (exact) mass is 293 g/mol. The molecule has 0 aliphatic heterocycles. The Labute approximate surface area is 127 Å². The van der Waals surface area contributed by atoms with Crippen molar-refractivity contribution in [3.63, 3.8) is 0 Å². The topological polar surface area (TPSA) is 84.1 Å².